The van der Waals surface area contributed by atoms with Crippen molar-refractivity contribution in [2.75, 3.05) is 0 Å². The van der Waals surface area contributed by atoms with Crippen LogP contribution in [-0.2, 0) is 6.18 Å². The first-order chi connectivity index (χ1) is 13.5. The quantitative estimate of drug-likeness (QED) is 0.487. The van der Waals surface area contributed by atoms with E-state index in [2.05, 4.69) is 15.2 Å². The Morgan fingerprint density at radius 3 is 2.36 bits per heavy atom. The highest BCUT2D eigenvalue weighted by atomic mass is 19.4. The molecule has 4 rings (SSSR count). The minimum absolute atomic E-state index is 0.105. The summed E-state index contributed by atoms with van der Waals surface area (Å²) in [6.07, 6.45) is -2.97. The summed E-state index contributed by atoms with van der Waals surface area (Å²) in [5, 5.41) is 7.61. The number of carbonyl (C=O) groups excluding carboxylic acids is 1. The summed E-state index contributed by atoms with van der Waals surface area (Å²) in [5.74, 6) is -0.197. The van der Waals surface area contributed by atoms with Crippen molar-refractivity contribution in [1.82, 2.24) is 19.9 Å². The zero-order valence-corrected chi connectivity index (χ0v) is 14.1. The summed E-state index contributed by atoms with van der Waals surface area (Å²) in [6.45, 7) is 0. The molecule has 2 aromatic carbocycles. The summed E-state index contributed by atoms with van der Waals surface area (Å²) in [6, 6.07) is 14.2. The van der Waals surface area contributed by atoms with Crippen molar-refractivity contribution >= 4 is 6.29 Å². The smallest absolute Gasteiger partial charge is 0.333 e. The van der Waals surface area contributed by atoms with Crippen molar-refractivity contribution in [2.24, 2.45) is 0 Å². The van der Waals surface area contributed by atoms with E-state index in [1.54, 1.807) is 42.5 Å². The molecule has 2 heterocycles. The van der Waals surface area contributed by atoms with Gasteiger partial charge >= 0.3 is 6.18 Å². The maximum absolute atomic E-state index is 13.7. The number of aldehydes is 1. The topological polar surface area (TPSA) is 73.8 Å². The molecule has 0 saturated heterocycles. The normalized spacial score (nSPS) is 11.5. The third-order valence-electron chi connectivity index (χ3n) is 4.00. The minimum Gasteiger partial charge on any atom is -0.333 e. The molecule has 2 aromatic heterocycles. The lowest BCUT2D eigenvalue weighted by molar-refractivity contribution is -0.142. The molecular formula is C19H11F3N4O2. The Bertz CT molecular complexity index is 1120. The molecule has 0 bridgehead atoms. The van der Waals surface area contributed by atoms with Gasteiger partial charge in [-0.25, -0.2) is 4.68 Å². The van der Waals surface area contributed by atoms with Crippen LogP contribution in [-0.4, -0.2) is 26.2 Å². The molecule has 6 nitrogen and oxygen atoms in total. The van der Waals surface area contributed by atoms with E-state index in [-0.39, 0.29) is 23.0 Å². The molecule has 28 heavy (non-hydrogen) atoms. The number of para-hydroxylation sites is 1. The van der Waals surface area contributed by atoms with Gasteiger partial charge in [-0.3, -0.25) is 4.79 Å². The van der Waals surface area contributed by atoms with Gasteiger partial charge in [0.05, 0.1) is 17.4 Å². The number of aromatic nitrogens is 4. The molecule has 0 amide bonds. The summed E-state index contributed by atoms with van der Waals surface area (Å²) in [4.78, 5) is 14.8. The second-order valence-corrected chi connectivity index (χ2v) is 5.81. The number of alkyl halides is 3. The van der Waals surface area contributed by atoms with E-state index in [1.165, 1.54) is 12.1 Å². The molecule has 0 aliphatic carbocycles. The van der Waals surface area contributed by atoms with Crippen molar-refractivity contribution in [1.29, 1.82) is 0 Å². The predicted molar refractivity (Wildman–Crippen MR) is 92.7 cm³/mol. The zero-order chi connectivity index (χ0) is 19.7. The van der Waals surface area contributed by atoms with Gasteiger partial charge in [0.2, 0.25) is 5.82 Å². The molecule has 0 aliphatic rings. The van der Waals surface area contributed by atoms with Gasteiger partial charge in [-0.1, -0.05) is 47.6 Å². The highest BCUT2D eigenvalue weighted by Gasteiger charge is 2.40. The Hall–Kier alpha value is -3.75. The number of rotatable bonds is 4. The first-order valence-electron chi connectivity index (χ1n) is 8.07. The van der Waals surface area contributed by atoms with Crippen LogP contribution >= 0.6 is 0 Å². The average molecular weight is 384 g/mol. The minimum atomic E-state index is -4.69. The first kappa shape index (κ1) is 17.7. The monoisotopic (exact) mass is 384 g/mol. The van der Waals surface area contributed by atoms with Gasteiger partial charge in [0.15, 0.2) is 5.69 Å². The molecule has 0 unspecified atom stereocenters. The van der Waals surface area contributed by atoms with Crippen LogP contribution in [0.5, 0.6) is 0 Å². The Morgan fingerprint density at radius 2 is 1.71 bits per heavy atom. The fourth-order valence-electron chi connectivity index (χ4n) is 2.70. The van der Waals surface area contributed by atoms with Gasteiger partial charge in [-0.15, -0.1) is 0 Å². The zero-order valence-electron chi connectivity index (χ0n) is 14.1. The first-order valence-corrected chi connectivity index (χ1v) is 8.07. The van der Waals surface area contributed by atoms with Crippen molar-refractivity contribution in [3.8, 4) is 28.5 Å². The van der Waals surface area contributed by atoms with Gasteiger partial charge in [-0.2, -0.15) is 23.3 Å². The maximum atomic E-state index is 13.7. The third-order valence-corrected chi connectivity index (χ3v) is 4.00. The Morgan fingerprint density at radius 1 is 1.00 bits per heavy atom. The summed E-state index contributed by atoms with van der Waals surface area (Å²) in [5.41, 5.74) is -0.115. The molecule has 9 heteroatoms. The van der Waals surface area contributed by atoms with E-state index in [0.717, 1.165) is 10.9 Å². The molecule has 4 aromatic rings. The third kappa shape index (κ3) is 3.18. The molecule has 0 saturated carbocycles. The number of halogens is 3. The van der Waals surface area contributed by atoms with Crippen LogP contribution in [0, 0.1) is 0 Å². The summed E-state index contributed by atoms with van der Waals surface area (Å²) < 4.78 is 47.1. The highest BCUT2D eigenvalue weighted by molar-refractivity contribution is 5.76. The Labute approximate surface area is 156 Å². The molecule has 0 atom stereocenters. The number of hydrogen-bond donors (Lipinski definition) is 0. The van der Waals surface area contributed by atoms with Crippen molar-refractivity contribution < 1.29 is 22.5 Å². The van der Waals surface area contributed by atoms with Crippen LogP contribution < -0.4 is 0 Å². The lowest BCUT2D eigenvalue weighted by atomic mass is 10.1. The van der Waals surface area contributed by atoms with Crippen LogP contribution in [0.4, 0.5) is 13.2 Å². The summed E-state index contributed by atoms with van der Waals surface area (Å²) in [7, 11) is 0. The van der Waals surface area contributed by atoms with Gasteiger partial charge in [0, 0.05) is 11.1 Å². The largest absolute Gasteiger partial charge is 0.434 e. The summed E-state index contributed by atoms with van der Waals surface area (Å²) >= 11 is 0. The van der Waals surface area contributed by atoms with E-state index < -0.39 is 11.9 Å². The molecule has 0 radical (unpaired) electrons. The Balaban J connectivity index is 1.79. The van der Waals surface area contributed by atoms with Gasteiger partial charge in [0.1, 0.15) is 6.29 Å². The van der Waals surface area contributed by atoms with Crippen LogP contribution in [0.2, 0.25) is 0 Å². The highest BCUT2D eigenvalue weighted by Crippen LogP contribution is 2.38. The number of carbonyl (C=O) groups is 1. The Kier molecular flexibility index (Phi) is 4.26. The van der Waals surface area contributed by atoms with Crippen LogP contribution in [0.15, 0.2) is 65.3 Å². The van der Waals surface area contributed by atoms with E-state index in [9.17, 15) is 18.0 Å². The van der Waals surface area contributed by atoms with E-state index in [1.807, 2.05) is 0 Å². The number of nitrogens with zero attached hydrogens (tertiary/aromatic N) is 4. The van der Waals surface area contributed by atoms with E-state index in [0.29, 0.717) is 17.4 Å². The number of hydrogen-bond acceptors (Lipinski definition) is 5. The van der Waals surface area contributed by atoms with Gasteiger partial charge in [0.25, 0.3) is 5.89 Å². The van der Waals surface area contributed by atoms with Crippen molar-refractivity contribution in [3.63, 3.8) is 0 Å². The molecule has 0 N–H and O–H groups in total. The van der Waals surface area contributed by atoms with Gasteiger partial charge in [-0.05, 0) is 12.1 Å². The SMILES string of the molecule is O=Cc1ccc(-c2noc(-c3cnn(-c4ccccc4)c3C(F)(F)F)n2)cc1. The second-order valence-electron chi connectivity index (χ2n) is 5.81. The van der Waals surface area contributed by atoms with Gasteiger partial charge < -0.3 is 4.52 Å². The molecular weight excluding hydrogens is 373 g/mol. The van der Waals surface area contributed by atoms with Crippen molar-refractivity contribution in [3.05, 3.63) is 72.1 Å². The predicted octanol–water partition coefficient (Wildman–Crippen LogP) is 4.42. The average Bonchev–Trinajstić information content (AvgIpc) is 3.35. The lowest BCUT2D eigenvalue weighted by Gasteiger charge is -2.11. The molecule has 0 aliphatic heterocycles. The molecule has 0 fully saturated rings. The standard InChI is InChI=1S/C19H11F3N4O2/c20-19(21,22)16-15(10-23-26(16)14-4-2-1-3-5-14)18-24-17(25-28-18)13-8-6-12(11-27)7-9-13/h1-11H. The fraction of sp³-hybridized carbons (Fsp3) is 0.0526. The molecule has 0 spiro atoms. The maximum Gasteiger partial charge on any atom is 0.434 e. The van der Waals surface area contributed by atoms with Crippen LogP contribution in [0.3, 0.4) is 0 Å². The lowest BCUT2D eigenvalue weighted by Crippen LogP contribution is -2.14. The van der Waals surface area contributed by atoms with E-state index in [4.69, 9.17) is 4.52 Å². The van der Waals surface area contributed by atoms with Crippen molar-refractivity contribution in [2.45, 2.75) is 6.18 Å². The van der Waals surface area contributed by atoms with Crippen LogP contribution in [0.25, 0.3) is 28.5 Å². The number of benzene rings is 2. The molecule has 140 valence electrons. The second kappa shape index (κ2) is 6.76. The van der Waals surface area contributed by atoms with E-state index >= 15 is 0 Å². The fourth-order valence-corrected chi connectivity index (χ4v) is 2.70. The van der Waals surface area contributed by atoms with Crippen LogP contribution in [0.1, 0.15) is 16.1 Å².